The number of rotatable bonds is 5. The molecule has 1 aromatic carbocycles. The molecule has 0 radical (unpaired) electrons. The number of phenolic OH excluding ortho intramolecular Hbond substituents is 1. The Hall–Kier alpha value is -2.08. The molecule has 0 unspecified atom stereocenters. The average molecular weight is 445 g/mol. The van der Waals surface area contributed by atoms with Crippen molar-refractivity contribution < 1.29 is 53.4 Å². The van der Waals surface area contributed by atoms with Gasteiger partial charge < -0.3 is 5.11 Å². The molecule has 29 heavy (non-hydrogen) atoms. The van der Waals surface area contributed by atoms with Crippen LogP contribution in [0.2, 0.25) is 0 Å². The minimum absolute atomic E-state index is 0.102. The number of alkyl halides is 11. The molecule has 1 rings (SSSR count). The average Bonchev–Trinajstić information content (AvgIpc) is 2.51. The van der Waals surface area contributed by atoms with Gasteiger partial charge in [0.05, 0.1) is 0 Å². The second-order valence-electron chi connectivity index (χ2n) is 7.01. The van der Waals surface area contributed by atoms with Gasteiger partial charge in [0, 0.05) is 11.8 Å². The largest absolute Gasteiger partial charge is 0.507 e. The summed E-state index contributed by atoms with van der Waals surface area (Å²) in [6, 6.07) is -3.05. The molecule has 166 valence electrons. The van der Waals surface area contributed by atoms with Gasteiger partial charge in [0.15, 0.2) is 0 Å². The quantitative estimate of drug-likeness (QED) is 0.328. The molecule has 0 amide bonds. The molecule has 1 aromatic rings. The fourth-order valence-electron chi connectivity index (χ4n) is 2.07. The molecule has 0 heterocycles. The highest BCUT2D eigenvalue weighted by molar-refractivity contribution is 5.84. The summed E-state index contributed by atoms with van der Waals surface area (Å²) in [5.41, 5.74) is -1.37. The van der Waals surface area contributed by atoms with Crippen molar-refractivity contribution in [3.8, 4) is 5.75 Å². The molecule has 0 aromatic heterocycles. The SMILES string of the molecule is CC(C)(C)c1cccc(C=NC(F)(F)C(F)(F)C(F)(F)C(F)(F)C(F)(F)F)c1O. The molecule has 0 spiro atoms. The minimum atomic E-state index is -7.53. The van der Waals surface area contributed by atoms with Crippen LogP contribution in [-0.4, -0.2) is 41.3 Å². The number of para-hydroxylation sites is 1. The summed E-state index contributed by atoms with van der Waals surface area (Å²) in [7, 11) is 0. The molecule has 0 saturated heterocycles. The van der Waals surface area contributed by atoms with Crippen LogP contribution in [0.3, 0.4) is 0 Å². The van der Waals surface area contributed by atoms with Crippen molar-refractivity contribution in [2.75, 3.05) is 0 Å². The van der Waals surface area contributed by atoms with E-state index in [2.05, 4.69) is 0 Å². The van der Waals surface area contributed by atoms with Crippen LogP contribution in [0.1, 0.15) is 31.9 Å². The van der Waals surface area contributed by atoms with E-state index in [0.29, 0.717) is 0 Å². The summed E-state index contributed by atoms with van der Waals surface area (Å²) in [5, 5.41) is 9.98. The predicted molar refractivity (Wildman–Crippen MR) is 80.2 cm³/mol. The second kappa shape index (κ2) is 7.01. The number of hydrogen-bond acceptors (Lipinski definition) is 2. The first kappa shape index (κ1) is 25.0. The Bertz CT molecular complexity index is 776. The summed E-state index contributed by atoms with van der Waals surface area (Å²) in [4.78, 5) is 1.79. The van der Waals surface area contributed by atoms with Crippen LogP contribution in [0.5, 0.6) is 5.75 Å². The zero-order valence-corrected chi connectivity index (χ0v) is 14.9. The first-order chi connectivity index (χ1) is 12.6. The van der Waals surface area contributed by atoms with Gasteiger partial charge in [0.2, 0.25) is 0 Å². The van der Waals surface area contributed by atoms with Gasteiger partial charge in [-0.2, -0.15) is 48.3 Å². The molecule has 2 nitrogen and oxygen atoms in total. The van der Waals surface area contributed by atoms with Crippen molar-refractivity contribution in [1.82, 2.24) is 0 Å². The highest BCUT2D eigenvalue weighted by Crippen LogP contribution is 2.57. The summed E-state index contributed by atoms with van der Waals surface area (Å²) >= 11 is 0. The standard InChI is InChI=1S/C16H14F11NO/c1-11(2,3)9-6-4-5-8(10(9)29)7-28-16(26,27)14(21,22)12(17,18)13(19,20)15(23,24)25/h4-7,29H,1-3H3. The minimum Gasteiger partial charge on any atom is -0.507 e. The normalized spacial score (nSPS) is 15.2. The van der Waals surface area contributed by atoms with E-state index in [9.17, 15) is 53.4 Å². The lowest BCUT2D eigenvalue weighted by Gasteiger charge is -2.35. The van der Waals surface area contributed by atoms with Gasteiger partial charge >= 0.3 is 30.0 Å². The maximum Gasteiger partial charge on any atom is 0.460 e. The number of hydrogen-bond donors (Lipinski definition) is 1. The molecular weight excluding hydrogens is 431 g/mol. The van der Waals surface area contributed by atoms with E-state index in [4.69, 9.17) is 0 Å². The first-order valence-corrected chi connectivity index (χ1v) is 7.57. The van der Waals surface area contributed by atoms with Crippen LogP contribution < -0.4 is 0 Å². The number of aliphatic imine (C=N–C) groups is 1. The molecule has 0 aliphatic heterocycles. The first-order valence-electron chi connectivity index (χ1n) is 7.57. The van der Waals surface area contributed by atoms with Crippen LogP contribution in [-0.2, 0) is 5.41 Å². The van der Waals surface area contributed by atoms with Gasteiger partial charge in [-0.05, 0) is 17.0 Å². The molecule has 0 fully saturated rings. The van der Waals surface area contributed by atoms with E-state index >= 15 is 0 Å². The molecule has 0 atom stereocenters. The third-order valence-electron chi connectivity index (χ3n) is 3.76. The van der Waals surface area contributed by atoms with Crippen molar-refractivity contribution in [2.45, 2.75) is 56.2 Å². The zero-order valence-electron chi connectivity index (χ0n) is 14.9. The fraction of sp³-hybridized carbons (Fsp3) is 0.562. The number of halogens is 11. The number of phenols is 1. The third-order valence-corrected chi connectivity index (χ3v) is 3.76. The van der Waals surface area contributed by atoms with E-state index in [1.54, 1.807) is 25.8 Å². The van der Waals surface area contributed by atoms with Crippen molar-refractivity contribution in [2.24, 2.45) is 4.99 Å². The van der Waals surface area contributed by atoms with E-state index in [0.717, 1.165) is 12.1 Å². The van der Waals surface area contributed by atoms with Crippen LogP contribution in [0, 0.1) is 0 Å². The molecule has 1 N–H and O–H groups in total. The van der Waals surface area contributed by atoms with Crippen LogP contribution in [0.4, 0.5) is 48.3 Å². The van der Waals surface area contributed by atoms with Crippen molar-refractivity contribution in [3.63, 3.8) is 0 Å². The lowest BCUT2D eigenvalue weighted by atomic mass is 9.85. The Kier molecular flexibility index (Phi) is 6.03. The fourth-order valence-corrected chi connectivity index (χ4v) is 2.07. The molecule has 0 saturated carbocycles. The third kappa shape index (κ3) is 4.13. The molecule has 0 aliphatic carbocycles. The van der Waals surface area contributed by atoms with Gasteiger partial charge in [0.25, 0.3) is 0 Å². The zero-order chi connectivity index (χ0) is 23.3. The maximum atomic E-state index is 13.6. The predicted octanol–water partition coefficient (Wildman–Crippen LogP) is 6.17. The topological polar surface area (TPSA) is 32.6 Å². The van der Waals surface area contributed by atoms with Crippen molar-refractivity contribution >= 4 is 6.21 Å². The number of nitrogens with zero attached hydrogens (tertiary/aromatic N) is 1. The highest BCUT2D eigenvalue weighted by Gasteiger charge is 2.87. The summed E-state index contributed by atoms with van der Waals surface area (Å²) < 4.78 is 142. The monoisotopic (exact) mass is 445 g/mol. The van der Waals surface area contributed by atoms with E-state index < -0.39 is 46.7 Å². The Morgan fingerprint density at radius 2 is 1.24 bits per heavy atom. The Balaban J connectivity index is 3.43. The Labute approximate surface area is 157 Å². The maximum absolute atomic E-state index is 13.6. The van der Waals surface area contributed by atoms with Crippen molar-refractivity contribution in [3.05, 3.63) is 29.3 Å². The van der Waals surface area contributed by atoms with Crippen LogP contribution in [0.25, 0.3) is 0 Å². The van der Waals surface area contributed by atoms with E-state index in [-0.39, 0.29) is 11.8 Å². The highest BCUT2D eigenvalue weighted by atomic mass is 19.4. The van der Waals surface area contributed by atoms with Gasteiger partial charge in [-0.15, -0.1) is 0 Å². The van der Waals surface area contributed by atoms with Crippen LogP contribution in [0.15, 0.2) is 23.2 Å². The van der Waals surface area contributed by atoms with Gasteiger partial charge in [-0.1, -0.05) is 32.9 Å². The second-order valence-corrected chi connectivity index (χ2v) is 7.01. The molecule has 0 aliphatic rings. The number of benzene rings is 1. The van der Waals surface area contributed by atoms with Crippen molar-refractivity contribution in [1.29, 1.82) is 0 Å². The lowest BCUT2D eigenvalue weighted by molar-refractivity contribution is -0.421. The van der Waals surface area contributed by atoms with E-state index in [1.807, 2.05) is 0 Å². The van der Waals surface area contributed by atoms with Crippen LogP contribution >= 0.6 is 0 Å². The Morgan fingerprint density at radius 3 is 1.66 bits per heavy atom. The van der Waals surface area contributed by atoms with E-state index in [1.165, 1.54) is 6.07 Å². The number of aromatic hydroxyl groups is 1. The molecule has 13 heteroatoms. The Morgan fingerprint density at radius 1 is 0.759 bits per heavy atom. The lowest BCUT2D eigenvalue weighted by Crippen LogP contribution is -2.66. The van der Waals surface area contributed by atoms with Gasteiger partial charge in [0.1, 0.15) is 5.75 Å². The molecule has 0 bridgehead atoms. The summed E-state index contributed by atoms with van der Waals surface area (Å²) in [6.07, 6.45) is -7.46. The van der Waals surface area contributed by atoms with Gasteiger partial charge in [-0.3, -0.25) is 0 Å². The summed E-state index contributed by atoms with van der Waals surface area (Å²) in [6.45, 7) is 4.68. The summed E-state index contributed by atoms with van der Waals surface area (Å²) in [5.74, 6) is -23.0. The smallest absolute Gasteiger partial charge is 0.460 e. The van der Waals surface area contributed by atoms with Gasteiger partial charge in [-0.25, -0.2) is 4.99 Å². The molecular formula is C16H14F11NO.